The van der Waals surface area contributed by atoms with Crippen molar-refractivity contribution in [2.45, 2.75) is 0 Å². The van der Waals surface area contributed by atoms with Crippen LogP contribution in [0.2, 0.25) is 0 Å². The Kier molecular flexibility index (Phi) is 18.0. The Morgan fingerprint density at radius 3 is 0.922 bits per heavy atom. The molecule has 0 unspecified atom stereocenters. The minimum Gasteiger partial charge on any atom is -0.497 e. The lowest BCUT2D eigenvalue weighted by Gasteiger charge is -2.25. The van der Waals surface area contributed by atoms with Crippen LogP contribution in [0.15, 0.2) is 182 Å². The summed E-state index contributed by atoms with van der Waals surface area (Å²) in [7, 11) is 2.10. The van der Waals surface area contributed by atoms with Crippen LogP contribution < -0.4 is 19.3 Å². The minimum atomic E-state index is -0.611. The number of allylic oxidation sites excluding steroid dienone is 2. The number of nitriles is 2. The number of anilines is 6. The number of rotatable bonds is 12. The lowest BCUT2D eigenvalue weighted by molar-refractivity contribution is 0.414. The largest absolute Gasteiger partial charge is 0.497 e. The first kappa shape index (κ1) is 47.5. The summed E-state index contributed by atoms with van der Waals surface area (Å²) in [6, 6.07) is 64.8. The average molecular weight is 883 g/mol. The normalized spacial score (nSPS) is 10.9. The minimum absolute atomic E-state index is 0.525. The highest BCUT2D eigenvalue weighted by Crippen LogP contribution is 2.37. The van der Waals surface area contributed by atoms with Gasteiger partial charge in [-0.15, -0.1) is 0 Å². The highest BCUT2D eigenvalue weighted by Gasteiger charge is 2.14. The van der Waals surface area contributed by atoms with Gasteiger partial charge in [0.1, 0.15) is 11.5 Å². The zero-order valence-corrected chi connectivity index (χ0v) is 38.3. The maximum atomic E-state index is 10.2. The molecule has 0 radical (unpaired) electrons. The molecule has 0 amide bonds. The molecule has 7 rings (SSSR count). The number of hydrogen-bond donors (Lipinski definition) is 0. The van der Waals surface area contributed by atoms with E-state index in [1.807, 2.05) is 146 Å². The van der Waals surface area contributed by atoms with Gasteiger partial charge >= 0.3 is 0 Å². The van der Waals surface area contributed by atoms with Crippen LogP contribution in [0.5, 0.6) is 11.5 Å². The van der Waals surface area contributed by atoms with Gasteiger partial charge in [0.25, 0.3) is 0 Å². The first-order valence-corrected chi connectivity index (χ1v) is 24.0. The van der Waals surface area contributed by atoms with Crippen LogP contribution in [0.1, 0.15) is 22.3 Å². The molecule has 0 aliphatic carbocycles. The van der Waals surface area contributed by atoms with Gasteiger partial charge in [-0.05, 0) is 131 Å². The molecule has 8 nitrogen and oxygen atoms in total. The van der Waals surface area contributed by atoms with Crippen LogP contribution in [0, 0.1) is 22.7 Å². The molecule has 0 atom stereocenters. The van der Waals surface area contributed by atoms with Crippen molar-refractivity contribution < 1.29 is 17.9 Å². The Balaban J connectivity index is 0.000000890. The van der Waals surface area contributed by atoms with E-state index in [1.165, 1.54) is 0 Å². The second kappa shape index (κ2) is 24.2. The highest BCUT2D eigenvalue weighted by atomic mass is 32.2. The SMILES string of the molecule is COc1ccc(N(c2ccccc2)c2ccc(/C=C(\C#N)c3ccc(/C(C#N)=C/c4ccc(N(c5ccccc5)c5ccc(OC)cc5)cc4)cc3)cc2)cc1.CS(C)=O.CS(C)=O. The Labute approximate surface area is 382 Å². The molecule has 0 aliphatic rings. The van der Waals surface area contributed by atoms with E-state index in [-0.39, 0.29) is 0 Å². The molecular formula is C54H50N4O4S2. The standard InChI is InChI=1S/C50H38N4O2.2C2H6OS/c1-55-49-29-25-47(26-30-49)53(43-9-5-3-6-10-43)45-21-13-37(14-22-45)33-41(35-51)39-17-19-40(20-18-39)42(36-52)34-38-15-23-46(24-16-38)54(44-11-7-4-8-12-44)48-27-31-50(56-2)32-28-48;2*1-4(2)3/h3-34H,1-2H3;2*1-2H3/b41-33+,42-34+;;. The van der Waals surface area contributed by atoms with Gasteiger partial charge in [-0.2, -0.15) is 10.5 Å². The number of hydrogen-bond acceptors (Lipinski definition) is 8. The van der Waals surface area contributed by atoms with Gasteiger partial charge in [-0.25, -0.2) is 0 Å². The van der Waals surface area contributed by atoms with Crippen molar-refractivity contribution in [1.82, 2.24) is 0 Å². The fourth-order valence-electron chi connectivity index (χ4n) is 6.47. The van der Waals surface area contributed by atoms with Crippen LogP contribution in [0.3, 0.4) is 0 Å². The Bertz CT molecular complexity index is 2540. The summed E-state index contributed by atoms with van der Waals surface area (Å²) in [6.45, 7) is 0. The van der Waals surface area contributed by atoms with E-state index in [2.05, 4.69) is 70.5 Å². The summed E-state index contributed by atoms with van der Waals surface area (Å²) in [6.07, 6.45) is 10.3. The van der Waals surface area contributed by atoms with Crippen LogP contribution in [-0.4, -0.2) is 47.7 Å². The lowest BCUT2D eigenvalue weighted by atomic mass is 9.98. The highest BCUT2D eigenvalue weighted by molar-refractivity contribution is 7.83. The number of benzene rings is 7. The fraction of sp³-hybridized carbons (Fsp3) is 0.111. The van der Waals surface area contributed by atoms with E-state index in [1.54, 1.807) is 39.2 Å². The van der Waals surface area contributed by atoms with Crippen LogP contribution in [-0.2, 0) is 21.6 Å². The van der Waals surface area contributed by atoms with Crippen molar-refractivity contribution >= 4 is 79.0 Å². The molecule has 0 heterocycles. The average Bonchev–Trinajstić information content (AvgIpc) is 3.32. The summed E-state index contributed by atoms with van der Waals surface area (Å²) in [5.74, 6) is 1.59. The molecule has 0 saturated carbocycles. The molecule has 7 aromatic rings. The van der Waals surface area contributed by atoms with Gasteiger partial charge in [-0.1, -0.05) is 84.9 Å². The third-order valence-corrected chi connectivity index (χ3v) is 9.36. The van der Waals surface area contributed by atoms with E-state index in [4.69, 9.17) is 9.47 Å². The van der Waals surface area contributed by atoms with E-state index >= 15 is 0 Å². The molecule has 64 heavy (non-hydrogen) atoms. The second-order valence-electron chi connectivity index (χ2n) is 14.3. The molecule has 0 fully saturated rings. The summed E-state index contributed by atoms with van der Waals surface area (Å²) in [5, 5.41) is 20.3. The van der Waals surface area contributed by atoms with Gasteiger partial charge in [0.15, 0.2) is 0 Å². The fourth-order valence-corrected chi connectivity index (χ4v) is 6.47. The maximum absolute atomic E-state index is 10.2. The molecule has 0 spiro atoms. The van der Waals surface area contributed by atoms with Gasteiger partial charge in [-0.3, -0.25) is 8.42 Å². The van der Waals surface area contributed by atoms with Crippen molar-refractivity contribution in [2.24, 2.45) is 0 Å². The van der Waals surface area contributed by atoms with E-state index in [0.717, 1.165) is 67.9 Å². The smallest absolute Gasteiger partial charge is 0.119 e. The van der Waals surface area contributed by atoms with Gasteiger partial charge in [0.05, 0.1) is 37.5 Å². The molecule has 7 aromatic carbocycles. The molecule has 0 aliphatic heterocycles. The quantitative estimate of drug-likeness (QED) is 0.0882. The zero-order valence-electron chi connectivity index (χ0n) is 36.7. The molecule has 10 heteroatoms. The first-order valence-electron chi connectivity index (χ1n) is 20.1. The lowest BCUT2D eigenvalue weighted by Crippen LogP contribution is -2.09. The van der Waals surface area contributed by atoms with E-state index in [9.17, 15) is 18.9 Å². The topological polar surface area (TPSA) is 107 Å². The van der Waals surface area contributed by atoms with Crippen molar-refractivity contribution in [3.8, 4) is 23.6 Å². The zero-order chi connectivity index (χ0) is 45.8. The Hall–Kier alpha value is -7.50. The van der Waals surface area contributed by atoms with Crippen molar-refractivity contribution in [2.75, 3.05) is 49.0 Å². The number of ether oxygens (including phenoxy) is 2. The van der Waals surface area contributed by atoms with Crippen molar-refractivity contribution in [3.05, 3.63) is 204 Å². The first-order chi connectivity index (χ1) is 31.0. The molecule has 0 bridgehead atoms. The predicted molar refractivity (Wildman–Crippen MR) is 269 cm³/mol. The molecule has 322 valence electrons. The third kappa shape index (κ3) is 13.8. The summed E-state index contributed by atoms with van der Waals surface area (Å²) < 4.78 is 29.9. The molecule has 0 saturated heterocycles. The van der Waals surface area contributed by atoms with Gasteiger partial charge in [0.2, 0.25) is 0 Å². The second-order valence-corrected chi connectivity index (χ2v) is 17.3. The van der Waals surface area contributed by atoms with Gasteiger partial charge in [0, 0.05) is 80.7 Å². The summed E-state index contributed by atoms with van der Waals surface area (Å²) in [5.41, 5.74) is 10.4. The number of nitrogens with zero attached hydrogens (tertiary/aromatic N) is 4. The monoisotopic (exact) mass is 882 g/mol. The van der Waals surface area contributed by atoms with Crippen LogP contribution >= 0.6 is 0 Å². The number of para-hydroxylation sites is 2. The van der Waals surface area contributed by atoms with Crippen molar-refractivity contribution in [3.63, 3.8) is 0 Å². The molecular weight excluding hydrogens is 833 g/mol. The predicted octanol–water partition coefficient (Wildman–Crippen LogP) is 12.8. The van der Waals surface area contributed by atoms with Crippen LogP contribution in [0.25, 0.3) is 23.3 Å². The Morgan fingerprint density at radius 2 is 0.672 bits per heavy atom. The van der Waals surface area contributed by atoms with Gasteiger partial charge < -0.3 is 19.3 Å². The summed E-state index contributed by atoms with van der Waals surface area (Å²) >= 11 is 0. The molecule has 0 N–H and O–H groups in total. The van der Waals surface area contributed by atoms with E-state index < -0.39 is 21.6 Å². The maximum Gasteiger partial charge on any atom is 0.119 e. The van der Waals surface area contributed by atoms with Crippen LogP contribution in [0.4, 0.5) is 34.1 Å². The Morgan fingerprint density at radius 1 is 0.422 bits per heavy atom. The summed E-state index contributed by atoms with van der Waals surface area (Å²) in [4.78, 5) is 4.35. The third-order valence-electron chi connectivity index (χ3n) is 9.36. The molecule has 0 aromatic heterocycles. The van der Waals surface area contributed by atoms with E-state index in [0.29, 0.717) is 11.1 Å². The number of methoxy groups -OCH3 is 2. The van der Waals surface area contributed by atoms with Crippen molar-refractivity contribution in [1.29, 1.82) is 10.5 Å².